The molecule has 0 radical (unpaired) electrons. The number of aromatic nitrogens is 3. The largest absolute Gasteiger partial charge is 0.461 e. The highest BCUT2D eigenvalue weighted by molar-refractivity contribution is 5.76. The fraction of sp³-hybridized carbons (Fsp3) is 0.389. The molecular weight excluding hydrogens is 320 g/mol. The van der Waals surface area contributed by atoms with E-state index >= 15 is 0 Å². The first-order valence-corrected chi connectivity index (χ1v) is 8.53. The van der Waals surface area contributed by atoms with Crippen LogP contribution in [0.15, 0.2) is 45.7 Å². The summed E-state index contributed by atoms with van der Waals surface area (Å²) in [6.07, 6.45) is 5.38. The molecule has 7 nitrogen and oxygen atoms in total. The predicted octanol–water partition coefficient (Wildman–Crippen LogP) is 3.06. The molecule has 4 rings (SSSR count). The van der Waals surface area contributed by atoms with Crippen molar-refractivity contribution in [2.45, 2.75) is 38.8 Å². The van der Waals surface area contributed by atoms with Crippen LogP contribution < -0.4 is 0 Å². The molecule has 0 unspecified atom stereocenters. The summed E-state index contributed by atoms with van der Waals surface area (Å²) in [6, 6.07) is 7.79. The molecule has 3 aromatic rings. The second-order valence-electron chi connectivity index (χ2n) is 6.23. The second kappa shape index (κ2) is 6.58. The summed E-state index contributed by atoms with van der Waals surface area (Å²) in [5, 5.41) is 3.90. The molecule has 0 N–H and O–H groups in total. The Kier molecular flexibility index (Phi) is 4.13. The van der Waals surface area contributed by atoms with Gasteiger partial charge < -0.3 is 18.4 Å². The van der Waals surface area contributed by atoms with Gasteiger partial charge in [-0.1, -0.05) is 5.16 Å². The first kappa shape index (κ1) is 15.7. The highest BCUT2D eigenvalue weighted by atomic mass is 16.5. The Morgan fingerprint density at radius 1 is 1.32 bits per heavy atom. The first-order chi connectivity index (χ1) is 12.2. The van der Waals surface area contributed by atoms with Crippen LogP contribution in [-0.4, -0.2) is 32.1 Å². The van der Waals surface area contributed by atoms with Gasteiger partial charge in [-0.25, -0.2) is 0 Å². The van der Waals surface area contributed by atoms with Gasteiger partial charge in [-0.05, 0) is 37.6 Å². The third kappa shape index (κ3) is 3.09. The van der Waals surface area contributed by atoms with E-state index in [0.29, 0.717) is 36.7 Å². The van der Waals surface area contributed by atoms with Crippen molar-refractivity contribution in [2.75, 3.05) is 6.54 Å². The minimum Gasteiger partial charge on any atom is -0.461 e. The van der Waals surface area contributed by atoms with Crippen LogP contribution in [0.25, 0.3) is 11.6 Å². The normalized spacial score (nSPS) is 16.8. The lowest BCUT2D eigenvalue weighted by molar-refractivity contribution is -0.134. The SMILES string of the molecule is C[C@H]1c2cccn2CCN1C(=O)CCCc1nc(-c2ccco2)no1. The molecule has 7 heteroatoms. The van der Waals surface area contributed by atoms with E-state index in [1.165, 1.54) is 5.69 Å². The van der Waals surface area contributed by atoms with Crippen molar-refractivity contribution in [3.05, 3.63) is 48.3 Å². The Morgan fingerprint density at radius 2 is 2.24 bits per heavy atom. The van der Waals surface area contributed by atoms with Gasteiger partial charge in [0.05, 0.1) is 12.3 Å². The molecule has 130 valence electrons. The van der Waals surface area contributed by atoms with Crippen LogP contribution in [-0.2, 0) is 17.8 Å². The van der Waals surface area contributed by atoms with E-state index in [4.69, 9.17) is 8.94 Å². The topological polar surface area (TPSA) is 77.3 Å². The fourth-order valence-corrected chi connectivity index (χ4v) is 3.32. The molecule has 4 heterocycles. The number of carbonyl (C=O) groups is 1. The monoisotopic (exact) mass is 340 g/mol. The van der Waals surface area contributed by atoms with Crippen LogP contribution in [0.2, 0.25) is 0 Å². The van der Waals surface area contributed by atoms with Crippen LogP contribution >= 0.6 is 0 Å². The Balaban J connectivity index is 1.31. The van der Waals surface area contributed by atoms with Crippen molar-refractivity contribution in [2.24, 2.45) is 0 Å². The van der Waals surface area contributed by atoms with Gasteiger partial charge in [-0.2, -0.15) is 4.98 Å². The number of carbonyl (C=O) groups excluding carboxylic acids is 1. The van der Waals surface area contributed by atoms with Crippen molar-refractivity contribution in [3.63, 3.8) is 0 Å². The molecule has 1 amide bonds. The van der Waals surface area contributed by atoms with Crippen molar-refractivity contribution in [3.8, 4) is 11.6 Å². The molecule has 0 bridgehead atoms. The van der Waals surface area contributed by atoms with Gasteiger partial charge in [-0.15, -0.1) is 0 Å². The fourth-order valence-electron chi connectivity index (χ4n) is 3.32. The Labute approximate surface area is 145 Å². The zero-order valence-electron chi connectivity index (χ0n) is 14.1. The summed E-state index contributed by atoms with van der Waals surface area (Å²) < 4.78 is 12.7. The number of fused-ring (bicyclic) bond motifs is 1. The summed E-state index contributed by atoms with van der Waals surface area (Å²) in [4.78, 5) is 18.8. The molecule has 25 heavy (non-hydrogen) atoms. The number of nitrogens with zero attached hydrogens (tertiary/aromatic N) is 4. The van der Waals surface area contributed by atoms with Crippen LogP contribution in [0.4, 0.5) is 0 Å². The summed E-state index contributed by atoms with van der Waals surface area (Å²) in [6.45, 7) is 3.69. The molecule has 0 saturated heterocycles. The summed E-state index contributed by atoms with van der Waals surface area (Å²) in [7, 11) is 0. The Bertz CT molecular complexity index is 849. The minimum absolute atomic E-state index is 0.116. The zero-order valence-corrected chi connectivity index (χ0v) is 14.1. The lowest BCUT2D eigenvalue weighted by Crippen LogP contribution is -2.40. The smallest absolute Gasteiger partial charge is 0.238 e. The average Bonchev–Trinajstić information content (AvgIpc) is 3.36. The number of amides is 1. The summed E-state index contributed by atoms with van der Waals surface area (Å²) in [5.41, 5.74) is 1.19. The summed E-state index contributed by atoms with van der Waals surface area (Å²) >= 11 is 0. The quantitative estimate of drug-likeness (QED) is 0.713. The Hall–Kier alpha value is -2.83. The van der Waals surface area contributed by atoms with E-state index in [0.717, 1.165) is 13.1 Å². The van der Waals surface area contributed by atoms with E-state index in [2.05, 4.69) is 33.9 Å². The molecule has 1 aliphatic rings. The molecule has 0 fully saturated rings. The minimum atomic E-state index is 0.116. The summed E-state index contributed by atoms with van der Waals surface area (Å²) in [5.74, 6) is 1.72. The van der Waals surface area contributed by atoms with E-state index < -0.39 is 0 Å². The molecule has 3 aromatic heterocycles. The number of hydrogen-bond donors (Lipinski definition) is 0. The van der Waals surface area contributed by atoms with Gasteiger partial charge >= 0.3 is 0 Å². The third-order valence-electron chi connectivity index (χ3n) is 4.65. The van der Waals surface area contributed by atoms with Gasteiger partial charge in [0.2, 0.25) is 17.6 Å². The second-order valence-corrected chi connectivity index (χ2v) is 6.23. The van der Waals surface area contributed by atoms with Crippen LogP contribution in [0, 0.1) is 0 Å². The van der Waals surface area contributed by atoms with E-state index in [1.807, 2.05) is 11.0 Å². The standard InChI is InChI=1S/C18H20N4O3/c1-13-14-5-3-9-21(14)10-11-22(13)17(23)8-2-7-16-19-18(20-25-16)15-6-4-12-24-15/h3-6,9,12-13H,2,7-8,10-11H2,1H3/t13-/m0/s1. The molecule has 0 saturated carbocycles. The highest BCUT2D eigenvalue weighted by Gasteiger charge is 2.26. The lowest BCUT2D eigenvalue weighted by atomic mass is 10.1. The lowest BCUT2D eigenvalue weighted by Gasteiger charge is -2.35. The van der Waals surface area contributed by atoms with Crippen LogP contribution in [0.1, 0.15) is 37.4 Å². The van der Waals surface area contributed by atoms with E-state index in [1.54, 1.807) is 18.4 Å². The molecule has 0 aliphatic carbocycles. The van der Waals surface area contributed by atoms with Gasteiger partial charge in [-0.3, -0.25) is 4.79 Å². The van der Waals surface area contributed by atoms with E-state index in [9.17, 15) is 4.79 Å². The predicted molar refractivity (Wildman–Crippen MR) is 89.5 cm³/mol. The zero-order chi connectivity index (χ0) is 17.2. The molecular formula is C18H20N4O3. The maximum Gasteiger partial charge on any atom is 0.238 e. The van der Waals surface area contributed by atoms with Crippen LogP contribution in [0.3, 0.4) is 0 Å². The average molecular weight is 340 g/mol. The van der Waals surface area contributed by atoms with Gasteiger partial charge in [0.1, 0.15) is 0 Å². The van der Waals surface area contributed by atoms with E-state index in [-0.39, 0.29) is 11.9 Å². The number of aryl methyl sites for hydroxylation is 1. The van der Waals surface area contributed by atoms with Crippen molar-refractivity contribution in [1.29, 1.82) is 0 Å². The highest BCUT2D eigenvalue weighted by Crippen LogP contribution is 2.26. The first-order valence-electron chi connectivity index (χ1n) is 8.53. The molecule has 0 spiro atoms. The van der Waals surface area contributed by atoms with Gasteiger partial charge in [0, 0.05) is 37.8 Å². The Morgan fingerprint density at radius 3 is 3.08 bits per heavy atom. The molecule has 1 atom stereocenters. The number of hydrogen-bond acceptors (Lipinski definition) is 5. The molecule has 1 aliphatic heterocycles. The van der Waals surface area contributed by atoms with Crippen LogP contribution in [0.5, 0.6) is 0 Å². The van der Waals surface area contributed by atoms with Gasteiger partial charge in [0.15, 0.2) is 5.76 Å². The number of furan rings is 1. The van der Waals surface area contributed by atoms with Crippen molar-refractivity contribution >= 4 is 5.91 Å². The maximum atomic E-state index is 12.6. The van der Waals surface area contributed by atoms with Crippen molar-refractivity contribution < 1.29 is 13.7 Å². The maximum absolute atomic E-state index is 12.6. The third-order valence-corrected chi connectivity index (χ3v) is 4.65. The number of rotatable bonds is 5. The van der Waals surface area contributed by atoms with Gasteiger partial charge in [0.25, 0.3) is 0 Å². The molecule has 0 aromatic carbocycles. The van der Waals surface area contributed by atoms with Crippen molar-refractivity contribution in [1.82, 2.24) is 19.6 Å².